The van der Waals surface area contributed by atoms with Gasteiger partial charge in [-0.3, -0.25) is 9.47 Å². The Balaban J connectivity index is 1.15. The van der Waals surface area contributed by atoms with Crippen molar-refractivity contribution in [1.29, 1.82) is 0 Å². The number of fused-ring (bicyclic) bond motifs is 3. The lowest BCUT2D eigenvalue weighted by Crippen LogP contribution is -2.62. The molecule has 2 aromatic carbocycles. The lowest BCUT2D eigenvalue weighted by atomic mass is 9.57. The smallest absolute Gasteiger partial charge is 0.368 e. The number of halogens is 6. The highest BCUT2D eigenvalue weighted by atomic mass is 35.5. The second-order valence-corrected chi connectivity index (χ2v) is 11.9. The molecular weight excluding hydrogens is 525 g/mol. The highest BCUT2D eigenvalue weighted by Crippen LogP contribution is 2.58. The van der Waals surface area contributed by atoms with Crippen LogP contribution in [-0.4, -0.2) is 44.5 Å². The molecule has 0 unspecified atom stereocenters. The van der Waals surface area contributed by atoms with Gasteiger partial charge in [-0.05, 0) is 68.5 Å². The van der Waals surface area contributed by atoms with E-state index in [1.54, 1.807) is 12.1 Å². The molecule has 5 nitrogen and oxygen atoms in total. The molecule has 3 fully saturated rings. The fourth-order valence-electron chi connectivity index (χ4n) is 6.74. The minimum Gasteiger partial charge on any atom is -0.368 e. The van der Waals surface area contributed by atoms with E-state index in [1.165, 1.54) is 24.0 Å². The number of alkyl halides is 3. The maximum Gasteiger partial charge on any atom is 0.406 e. The second-order valence-electron chi connectivity index (χ2n) is 11.4. The summed E-state index contributed by atoms with van der Waals surface area (Å²) in [6, 6.07) is 8.10. The molecule has 1 spiro atoms. The van der Waals surface area contributed by atoms with Gasteiger partial charge in [-0.1, -0.05) is 11.6 Å². The molecule has 3 heterocycles. The normalized spacial score (nSPS) is 21.9. The van der Waals surface area contributed by atoms with E-state index >= 15 is 0 Å². The lowest BCUT2D eigenvalue weighted by molar-refractivity contribution is -0.200. The Labute approximate surface area is 221 Å². The fraction of sp³-hybridized carbons (Fsp3) is 0.481. The van der Waals surface area contributed by atoms with E-state index in [1.807, 2.05) is 15.5 Å². The molecule has 2 aliphatic carbocycles. The van der Waals surface area contributed by atoms with Crippen LogP contribution >= 0.6 is 11.6 Å². The highest BCUT2D eigenvalue weighted by Gasteiger charge is 2.67. The van der Waals surface area contributed by atoms with Gasteiger partial charge in [0.05, 0.1) is 17.9 Å². The van der Waals surface area contributed by atoms with Crippen LogP contribution in [0.4, 0.5) is 27.6 Å². The van der Waals surface area contributed by atoms with Crippen LogP contribution in [0.2, 0.25) is 5.02 Å². The quantitative estimate of drug-likeness (QED) is 0.359. The second kappa shape index (κ2) is 7.91. The van der Waals surface area contributed by atoms with Gasteiger partial charge in [-0.2, -0.15) is 13.2 Å². The van der Waals surface area contributed by atoms with Gasteiger partial charge < -0.3 is 4.90 Å². The van der Waals surface area contributed by atoms with Gasteiger partial charge in [0.15, 0.2) is 11.6 Å². The summed E-state index contributed by atoms with van der Waals surface area (Å²) in [6.07, 6.45) is -2.54. The number of anilines is 1. The Kier molecular flexibility index (Phi) is 5.06. The number of rotatable bonds is 3. The fourth-order valence-corrected chi connectivity index (χ4v) is 6.94. The number of aromatic nitrogens is 3. The molecule has 2 aliphatic heterocycles. The average Bonchev–Trinajstić information content (AvgIpc) is 3.56. The number of nitrogens with zero attached hydrogens (tertiary/aromatic N) is 5. The third-order valence-electron chi connectivity index (χ3n) is 9.00. The first-order valence-electron chi connectivity index (χ1n) is 12.7. The van der Waals surface area contributed by atoms with Gasteiger partial charge in [0, 0.05) is 41.6 Å². The minimum atomic E-state index is -4.33. The van der Waals surface area contributed by atoms with Crippen molar-refractivity contribution in [1.82, 2.24) is 19.7 Å². The van der Waals surface area contributed by atoms with E-state index in [4.69, 9.17) is 11.6 Å². The van der Waals surface area contributed by atoms with Crippen molar-refractivity contribution in [2.24, 2.45) is 5.41 Å². The van der Waals surface area contributed by atoms with Gasteiger partial charge in [-0.15, -0.1) is 10.2 Å². The first kappa shape index (κ1) is 24.3. The number of hydrogen-bond acceptors (Lipinski definition) is 4. The van der Waals surface area contributed by atoms with Crippen molar-refractivity contribution >= 4 is 17.3 Å². The van der Waals surface area contributed by atoms with Crippen LogP contribution < -0.4 is 4.90 Å². The SMILES string of the molecule is Cc1c(F)ccc(N2CC3(CC(c4nnc5n4-c4ccc(Cl)cc4CN(C4(C(F)(F)F)CC4)C5)C3)C2)c1F. The molecule has 1 aromatic heterocycles. The first-order chi connectivity index (χ1) is 18.0. The molecule has 0 atom stereocenters. The molecule has 0 radical (unpaired) electrons. The molecule has 0 N–H and O–H groups in total. The van der Waals surface area contributed by atoms with Crippen molar-refractivity contribution in [3.05, 3.63) is 69.8 Å². The summed E-state index contributed by atoms with van der Waals surface area (Å²) in [4.78, 5) is 3.41. The molecular formula is C27H25ClF5N5. The van der Waals surface area contributed by atoms with Gasteiger partial charge in [0.25, 0.3) is 0 Å². The van der Waals surface area contributed by atoms with E-state index in [0.717, 1.165) is 29.9 Å². The zero-order valence-corrected chi connectivity index (χ0v) is 21.4. The molecule has 2 saturated carbocycles. The van der Waals surface area contributed by atoms with Crippen molar-refractivity contribution < 1.29 is 22.0 Å². The molecule has 1 saturated heterocycles. The van der Waals surface area contributed by atoms with Crippen molar-refractivity contribution in [2.75, 3.05) is 18.0 Å². The maximum absolute atomic E-state index is 14.6. The molecule has 38 heavy (non-hydrogen) atoms. The average molecular weight is 550 g/mol. The minimum absolute atomic E-state index is 0.0136. The molecule has 0 amide bonds. The summed E-state index contributed by atoms with van der Waals surface area (Å²) < 4.78 is 72.3. The summed E-state index contributed by atoms with van der Waals surface area (Å²) in [5.41, 5.74) is 0.104. The van der Waals surface area contributed by atoms with Crippen molar-refractivity contribution in [3.8, 4) is 5.69 Å². The Morgan fingerprint density at radius 1 is 0.974 bits per heavy atom. The molecule has 0 bridgehead atoms. The Bertz CT molecular complexity index is 1450. The van der Waals surface area contributed by atoms with Crippen LogP contribution in [0.3, 0.4) is 0 Å². The van der Waals surface area contributed by atoms with E-state index in [-0.39, 0.29) is 42.8 Å². The number of hydrogen-bond donors (Lipinski definition) is 0. The summed E-state index contributed by atoms with van der Waals surface area (Å²) in [6.45, 7) is 2.95. The van der Waals surface area contributed by atoms with Crippen LogP contribution in [0.5, 0.6) is 0 Å². The van der Waals surface area contributed by atoms with Crippen molar-refractivity contribution in [2.45, 2.75) is 63.3 Å². The van der Waals surface area contributed by atoms with E-state index in [2.05, 4.69) is 10.2 Å². The van der Waals surface area contributed by atoms with E-state index < -0.39 is 23.3 Å². The van der Waals surface area contributed by atoms with Crippen LogP contribution in [0.1, 0.15) is 54.4 Å². The van der Waals surface area contributed by atoms with Crippen LogP contribution in [0.25, 0.3) is 5.69 Å². The topological polar surface area (TPSA) is 37.2 Å². The van der Waals surface area contributed by atoms with Crippen LogP contribution in [0.15, 0.2) is 30.3 Å². The van der Waals surface area contributed by atoms with Crippen LogP contribution in [0, 0.1) is 24.0 Å². The van der Waals surface area contributed by atoms with Gasteiger partial charge in [-0.25, -0.2) is 8.78 Å². The summed E-state index contributed by atoms with van der Waals surface area (Å²) >= 11 is 6.26. The lowest BCUT2D eigenvalue weighted by Gasteiger charge is -2.59. The zero-order valence-electron chi connectivity index (χ0n) is 20.6. The summed E-state index contributed by atoms with van der Waals surface area (Å²) in [7, 11) is 0. The molecule has 11 heteroatoms. The van der Waals surface area contributed by atoms with Crippen molar-refractivity contribution in [3.63, 3.8) is 0 Å². The number of benzene rings is 2. The monoisotopic (exact) mass is 549 g/mol. The highest BCUT2D eigenvalue weighted by molar-refractivity contribution is 6.30. The van der Waals surface area contributed by atoms with Crippen LogP contribution in [-0.2, 0) is 13.1 Å². The zero-order chi connectivity index (χ0) is 26.6. The molecule has 4 aliphatic rings. The summed E-state index contributed by atoms with van der Waals surface area (Å²) in [5.74, 6) is 0.254. The summed E-state index contributed by atoms with van der Waals surface area (Å²) in [5, 5.41) is 9.32. The first-order valence-corrected chi connectivity index (χ1v) is 13.1. The predicted molar refractivity (Wildman–Crippen MR) is 131 cm³/mol. The maximum atomic E-state index is 14.6. The van der Waals surface area contributed by atoms with E-state index in [0.29, 0.717) is 29.6 Å². The largest absolute Gasteiger partial charge is 0.406 e. The van der Waals surface area contributed by atoms with Gasteiger partial charge >= 0.3 is 6.18 Å². The third kappa shape index (κ3) is 3.45. The molecule has 3 aromatic rings. The Morgan fingerprint density at radius 3 is 2.37 bits per heavy atom. The standard InChI is InChI=1S/C27H25ClF5N5/c1-15-19(29)3-5-21(23(15)30)36-13-25(14-36)9-17(10-25)24-35-34-22-12-37(26(6-7-26)27(31,32)33)11-16-8-18(28)2-4-20(16)38(22)24/h2-5,8,17H,6-7,9-14H2,1H3. The van der Waals surface area contributed by atoms with E-state index in [9.17, 15) is 22.0 Å². The van der Waals surface area contributed by atoms with Gasteiger partial charge in [0.1, 0.15) is 17.2 Å². The molecule has 200 valence electrons. The Hall–Kier alpha value is -2.72. The van der Waals surface area contributed by atoms with Gasteiger partial charge in [0.2, 0.25) is 0 Å². The predicted octanol–water partition coefficient (Wildman–Crippen LogP) is 6.30. The third-order valence-corrected chi connectivity index (χ3v) is 9.24. The Morgan fingerprint density at radius 2 is 1.68 bits per heavy atom. The molecule has 7 rings (SSSR count).